The normalized spacial score (nSPS) is 15.0. The number of pyridine rings is 1. The SMILES string of the molecule is C.CNc1ccc2c(c1)OC(C)(C)C=C2c1ccc(Cl)cn1. The summed E-state index contributed by atoms with van der Waals surface area (Å²) in [6, 6.07) is 9.89. The maximum Gasteiger partial charge on any atom is 0.130 e. The highest BCUT2D eigenvalue weighted by molar-refractivity contribution is 6.30. The van der Waals surface area contributed by atoms with Gasteiger partial charge in [-0.3, -0.25) is 4.98 Å². The third-order valence-corrected chi connectivity index (χ3v) is 3.65. The second kappa shape index (κ2) is 6.01. The molecule has 3 nitrogen and oxygen atoms in total. The van der Waals surface area contributed by atoms with Crippen LogP contribution in [-0.2, 0) is 0 Å². The van der Waals surface area contributed by atoms with Crippen LogP contribution in [0.25, 0.3) is 5.57 Å². The molecular weight excluding hydrogens is 296 g/mol. The number of hydrogen-bond donors (Lipinski definition) is 1. The fraction of sp³-hybridized carbons (Fsp3) is 0.278. The summed E-state index contributed by atoms with van der Waals surface area (Å²) in [4.78, 5) is 4.44. The number of hydrogen-bond acceptors (Lipinski definition) is 3. The first-order valence-corrected chi connectivity index (χ1v) is 7.22. The second-order valence-electron chi connectivity index (χ2n) is 5.59. The Morgan fingerprint density at radius 2 is 1.95 bits per heavy atom. The van der Waals surface area contributed by atoms with Crippen molar-refractivity contribution in [1.82, 2.24) is 4.98 Å². The van der Waals surface area contributed by atoms with Crippen molar-refractivity contribution in [2.24, 2.45) is 0 Å². The predicted octanol–water partition coefficient (Wildman–Crippen LogP) is 5.02. The molecule has 1 aromatic carbocycles. The zero-order valence-electron chi connectivity index (χ0n) is 12.3. The molecule has 22 heavy (non-hydrogen) atoms. The number of nitrogens with one attached hydrogen (secondary N) is 1. The van der Waals surface area contributed by atoms with E-state index in [1.807, 2.05) is 45.2 Å². The first kappa shape index (κ1) is 16.4. The Morgan fingerprint density at radius 3 is 2.59 bits per heavy atom. The highest BCUT2D eigenvalue weighted by Gasteiger charge is 2.27. The predicted molar refractivity (Wildman–Crippen MR) is 93.8 cm³/mol. The van der Waals surface area contributed by atoms with Crippen LogP contribution in [0.4, 0.5) is 5.69 Å². The lowest BCUT2D eigenvalue weighted by molar-refractivity contribution is 0.158. The highest BCUT2D eigenvalue weighted by Crippen LogP contribution is 2.40. The van der Waals surface area contributed by atoms with Crippen LogP contribution in [0.5, 0.6) is 5.75 Å². The monoisotopic (exact) mass is 316 g/mol. The molecule has 0 atom stereocenters. The van der Waals surface area contributed by atoms with Gasteiger partial charge in [-0.05, 0) is 44.2 Å². The van der Waals surface area contributed by atoms with Gasteiger partial charge < -0.3 is 10.1 Å². The van der Waals surface area contributed by atoms with Crippen LogP contribution in [0.1, 0.15) is 32.5 Å². The Bertz CT molecular complexity index is 706. The molecule has 116 valence electrons. The molecule has 2 aromatic rings. The molecule has 0 saturated heterocycles. The van der Waals surface area contributed by atoms with E-state index in [9.17, 15) is 0 Å². The summed E-state index contributed by atoms with van der Waals surface area (Å²) >= 11 is 5.93. The molecule has 0 amide bonds. The standard InChI is InChI=1S/C17H17ClN2O.CH4/c1-17(2)9-14(15-7-4-11(18)10-20-15)13-6-5-12(19-3)8-16(13)21-17;/h4-10,19H,1-3H3;1H4. The number of halogens is 1. The van der Waals surface area contributed by atoms with E-state index >= 15 is 0 Å². The second-order valence-corrected chi connectivity index (χ2v) is 6.02. The van der Waals surface area contributed by atoms with Gasteiger partial charge in [0.05, 0.1) is 10.7 Å². The first-order valence-electron chi connectivity index (χ1n) is 6.84. The minimum Gasteiger partial charge on any atom is -0.483 e. The van der Waals surface area contributed by atoms with Gasteiger partial charge in [0.15, 0.2) is 0 Å². The zero-order chi connectivity index (χ0) is 15.0. The van der Waals surface area contributed by atoms with E-state index in [0.717, 1.165) is 28.3 Å². The van der Waals surface area contributed by atoms with Gasteiger partial charge in [-0.1, -0.05) is 19.0 Å². The van der Waals surface area contributed by atoms with Gasteiger partial charge in [0.25, 0.3) is 0 Å². The first-order chi connectivity index (χ1) is 9.98. The minimum atomic E-state index is -0.379. The molecule has 1 aliphatic heterocycles. The van der Waals surface area contributed by atoms with Gasteiger partial charge in [-0.2, -0.15) is 0 Å². The largest absolute Gasteiger partial charge is 0.483 e. The number of rotatable bonds is 2. The van der Waals surface area contributed by atoms with Crippen LogP contribution in [-0.4, -0.2) is 17.6 Å². The number of nitrogens with zero attached hydrogens (tertiary/aromatic N) is 1. The van der Waals surface area contributed by atoms with Crippen molar-refractivity contribution >= 4 is 22.9 Å². The van der Waals surface area contributed by atoms with Gasteiger partial charge in [0.1, 0.15) is 11.4 Å². The number of benzene rings is 1. The summed E-state index contributed by atoms with van der Waals surface area (Å²) < 4.78 is 6.07. The third kappa shape index (κ3) is 3.09. The lowest BCUT2D eigenvalue weighted by atomic mass is 9.92. The van der Waals surface area contributed by atoms with Crippen LogP contribution < -0.4 is 10.1 Å². The summed E-state index contributed by atoms with van der Waals surface area (Å²) in [5.74, 6) is 0.862. The van der Waals surface area contributed by atoms with Gasteiger partial charge in [0.2, 0.25) is 0 Å². The summed E-state index contributed by atoms with van der Waals surface area (Å²) in [6.45, 7) is 4.08. The van der Waals surface area contributed by atoms with Crippen molar-refractivity contribution in [3.63, 3.8) is 0 Å². The Hall–Kier alpha value is -2.00. The van der Waals surface area contributed by atoms with Crippen molar-refractivity contribution in [3.8, 4) is 5.75 Å². The van der Waals surface area contributed by atoms with Gasteiger partial charge in [-0.25, -0.2) is 0 Å². The van der Waals surface area contributed by atoms with E-state index in [4.69, 9.17) is 16.3 Å². The minimum absolute atomic E-state index is 0. The molecule has 2 heterocycles. The fourth-order valence-electron chi connectivity index (χ4n) is 2.47. The van der Waals surface area contributed by atoms with Crippen LogP contribution in [0.15, 0.2) is 42.6 Å². The average Bonchev–Trinajstić information content (AvgIpc) is 2.45. The maximum absolute atomic E-state index is 6.07. The van der Waals surface area contributed by atoms with Gasteiger partial charge in [-0.15, -0.1) is 0 Å². The molecule has 0 radical (unpaired) electrons. The Kier molecular flexibility index (Phi) is 4.47. The number of ether oxygens (including phenoxy) is 1. The lowest BCUT2D eigenvalue weighted by Crippen LogP contribution is -2.29. The topological polar surface area (TPSA) is 34.1 Å². The van der Waals surface area contributed by atoms with E-state index < -0.39 is 0 Å². The zero-order valence-corrected chi connectivity index (χ0v) is 13.0. The molecule has 1 aromatic heterocycles. The molecule has 0 aliphatic carbocycles. The van der Waals surface area contributed by atoms with Crippen molar-refractivity contribution in [2.45, 2.75) is 26.9 Å². The van der Waals surface area contributed by atoms with E-state index in [1.165, 1.54) is 0 Å². The van der Waals surface area contributed by atoms with Crippen LogP contribution in [0.3, 0.4) is 0 Å². The molecule has 4 heteroatoms. The van der Waals surface area contributed by atoms with E-state index in [0.29, 0.717) is 5.02 Å². The molecule has 0 spiro atoms. The highest BCUT2D eigenvalue weighted by atomic mass is 35.5. The van der Waals surface area contributed by atoms with Crippen molar-refractivity contribution in [2.75, 3.05) is 12.4 Å². The molecule has 3 rings (SSSR count). The Balaban J connectivity index is 0.00000176. The van der Waals surface area contributed by atoms with Crippen molar-refractivity contribution < 1.29 is 4.74 Å². The average molecular weight is 317 g/mol. The van der Waals surface area contributed by atoms with E-state index in [-0.39, 0.29) is 13.0 Å². The number of anilines is 1. The quantitative estimate of drug-likeness (QED) is 0.845. The van der Waals surface area contributed by atoms with Crippen molar-refractivity contribution in [3.05, 3.63) is 58.9 Å². The molecule has 0 bridgehead atoms. The third-order valence-electron chi connectivity index (χ3n) is 3.43. The molecular formula is C18H21ClN2O. The lowest BCUT2D eigenvalue weighted by Gasteiger charge is -2.31. The number of aromatic nitrogens is 1. The molecule has 0 unspecified atom stereocenters. The summed E-state index contributed by atoms with van der Waals surface area (Å²) in [5.41, 5.74) is 3.66. The van der Waals surface area contributed by atoms with Gasteiger partial charge >= 0.3 is 0 Å². The smallest absolute Gasteiger partial charge is 0.130 e. The Morgan fingerprint density at radius 1 is 1.18 bits per heavy atom. The fourth-order valence-corrected chi connectivity index (χ4v) is 2.58. The molecule has 1 N–H and O–H groups in total. The van der Waals surface area contributed by atoms with Crippen LogP contribution >= 0.6 is 11.6 Å². The number of fused-ring (bicyclic) bond motifs is 1. The Labute approximate surface area is 137 Å². The maximum atomic E-state index is 6.07. The summed E-state index contributed by atoms with van der Waals surface area (Å²) in [7, 11) is 1.90. The van der Waals surface area contributed by atoms with Crippen LogP contribution in [0, 0.1) is 0 Å². The molecule has 0 fully saturated rings. The van der Waals surface area contributed by atoms with Crippen molar-refractivity contribution in [1.29, 1.82) is 0 Å². The molecule has 0 saturated carbocycles. The van der Waals surface area contributed by atoms with E-state index in [1.54, 1.807) is 6.20 Å². The van der Waals surface area contributed by atoms with Gasteiger partial charge in [0, 0.05) is 36.1 Å². The summed E-state index contributed by atoms with van der Waals surface area (Å²) in [5, 5.41) is 3.77. The molecule has 1 aliphatic rings. The summed E-state index contributed by atoms with van der Waals surface area (Å²) in [6.07, 6.45) is 3.77. The van der Waals surface area contributed by atoms with Crippen LogP contribution in [0.2, 0.25) is 5.02 Å². The van der Waals surface area contributed by atoms with E-state index in [2.05, 4.69) is 22.4 Å².